The van der Waals surface area contributed by atoms with E-state index in [2.05, 4.69) is 36.6 Å². The van der Waals surface area contributed by atoms with Gasteiger partial charge in [-0.3, -0.25) is 0 Å². The molecule has 3 heteroatoms. The summed E-state index contributed by atoms with van der Waals surface area (Å²) in [6.45, 7) is 5.19. The van der Waals surface area contributed by atoms with E-state index in [-0.39, 0.29) is 0 Å². The quantitative estimate of drug-likeness (QED) is 0.860. The van der Waals surface area contributed by atoms with Gasteiger partial charge in [0.2, 0.25) is 0 Å². The molecule has 0 aliphatic heterocycles. The maximum Gasteiger partial charge on any atom is 0.110 e. The molecule has 0 bridgehead atoms. The monoisotopic (exact) mass is 231 g/mol. The van der Waals surface area contributed by atoms with E-state index < -0.39 is 0 Å². The third-order valence-corrected chi connectivity index (χ3v) is 3.30. The van der Waals surface area contributed by atoms with Gasteiger partial charge in [-0.2, -0.15) is 0 Å². The van der Waals surface area contributed by atoms with Crippen molar-refractivity contribution in [1.29, 1.82) is 0 Å². The zero-order valence-electron chi connectivity index (χ0n) is 10.7. The van der Waals surface area contributed by atoms with Crippen LogP contribution in [0.2, 0.25) is 0 Å². The molecule has 1 heterocycles. The van der Waals surface area contributed by atoms with Crippen LogP contribution in [0.5, 0.6) is 0 Å². The summed E-state index contributed by atoms with van der Waals surface area (Å²) < 4.78 is 2.37. The molecule has 2 N–H and O–H groups in total. The largest absolute Gasteiger partial charge is 0.330 e. The number of aromatic nitrogens is 2. The molecule has 0 spiro atoms. The summed E-state index contributed by atoms with van der Waals surface area (Å²) in [7, 11) is 0. The molecule has 2 rings (SSSR count). The molecule has 2 aromatic rings. The molecule has 1 unspecified atom stereocenters. The van der Waals surface area contributed by atoms with Crippen LogP contribution in [0.4, 0.5) is 0 Å². The van der Waals surface area contributed by atoms with E-state index in [0.717, 1.165) is 31.3 Å². The lowest BCUT2D eigenvalue weighted by atomic mass is 10.2. The van der Waals surface area contributed by atoms with E-state index in [1.807, 2.05) is 6.07 Å². The number of rotatable bonds is 5. The van der Waals surface area contributed by atoms with E-state index in [0.29, 0.717) is 6.04 Å². The van der Waals surface area contributed by atoms with E-state index in [9.17, 15) is 0 Å². The van der Waals surface area contributed by atoms with Gasteiger partial charge < -0.3 is 10.3 Å². The smallest absolute Gasteiger partial charge is 0.110 e. The van der Waals surface area contributed by atoms with Gasteiger partial charge in [-0.25, -0.2) is 4.98 Å². The minimum absolute atomic E-state index is 0.496. The van der Waals surface area contributed by atoms with Crippen LogP contribution >= 0.6 is 0 Å². The minimum Gasteiger partial charge on any atom is -0.330 e. The standard InChI is InChI=1S/C14H21N3/c1-3-11(2)17-13-8-5-4-7-12(13)16-14(17)9-6-10-15/h4-5,7-8,11H,3,6,9-10,15H2,1-2H3. The van der Waals surface area contributed by atoms with E-state index >= 15 is 0 Å². The van der Waals surface area contributed by atoms with Gasteiger partial charge in [0.25, 0.3) is 0 Å². The summed E-state index contributed by atoms with van der Waals surface area (Å²) in [5, 5.41) is 0. The summed E-state index contributed by atoms with van der Waals surface area (Å²) in [6, 6.07) is 8.86. The molecule has 0 aliphatic carbocycles. The lowest BCUT2D eigenvalue weighted by molar-refractivity contribution is 0.518. The van der Waals surface area contributed by atoms with Crippen LogP contribution in [0.3, 0.4) is 0 Å². The van der Waals surface area contributed by atoms with Crippen LogP contribution < -0.4 is 5.73 Å². The number of fused-ring (bicyclic) bond motifs is 1. The van der Waals surface area contributed by atoms with Crippen LogP contribution in [0, 0.1) is 0 Å². The summed E-state index contributed by atoms with van der Waals surface area (Å²) in [5.74, 6) is 1.17. The lowest BCUT2D eigenvalue weighted by Crippen LogP contribution is -2.10. The number of hydrogen-bond donors (Lipinski definition) is 1. The number of hydrogen-bond acceptors (Lipinski definition) is 2. The summed E-state index contributed by atoms with van der Waals surface area (Å²) in [4.78, 5) is 4.73. The number of benzene rings is 1. The molecule has 0 saturated carbocycles. The van der Waals surface area contributed by atoms with E-state index in [4.69, 9.17) is 10.7 Å². The van der Waals surface area contributed by atoms with Crippen LogP contribution in [0.25, 0.3) is 11.0 Å². The molecule has 0 saturated heterocycles. The zero-order valence-corrected chi connectivity index (χ0v) is 10.7. The average Bonchev–Trinajstić information content (AvgIpc) is 2.73. The second kappa shape index (κ2) is 5.32. The number of nitrogens with zero attached hydrogens (tertiary/aromatic N) is 2. The summed E-state index contributed by atoms with van der Waals surface area (Å²) in [6.07, 6.45) is 3.09. The van der Waals surface area contributed by atoms with Crippen LogP contribution in [-0.4, -0.2) is 16.1 Å². The van der Waals surface area contributed by atoms with Crippen molar-refractivity contribution in [2.75, 3.05) is 6.54 Å². The van der Waals surface area contributed by atoms with Gasteiger partial charge in [-0.15, -0.1) is 0 Å². The summed E-state index contributed by atoms with van der Waals surface area (Å²) in [5.41, 5.74) is 7.93. The second-order valence-corrected chi connectivity index (χ2v) is 4.54. The zero-order chi connectivity index (χ0) is 12.3. The molecule has 1 aromatic carbocycles. The molecule has 1 aromatic heterocycles. The molecule has 1 atom stereocenters. The third kappa shape index (κ3) is 2.34. The molecular formula is C14H21N3. The van der Waals surface area contributed by atoms with E-state index in [1.54, 1.807) is 0 Å². The number of imidazole rings is 1. The Morgan fingerprint density at radius 1 is 1.35 bits per heavy atom. The van der Waals surface area contributed by atoms with Crippen molar-refractivity contribution >= 4 is 11.0 Å². The van der Waals surface area contributed by atoms with Crippen molar-refractivity contribution in [3.05, 3.63) is 30.1 Å². The van der Waals surface area contributed by atoms with Gasteiger partial charge in [0.05, 0.1) is 11.0 Å². The van der Waals surface area contributed by atoms with Crippen LogP contribution in [0.1, 0.15) is 38.6 Å². The van der Waals surface area contributed by atoms with Gasteiger partial charge in [0, 0.05) is 12.5 Å². The Morgan fingerprint density at radius 2 is 2.12 bits per heavy atom. The number of aryl methyl sites for hydroxylation is 1. The topological polar surface area (TPSA) is 43.8 Å². The molecular weight excluding hydrogens is 210 g/mol. The van der Waals surface area contributed by atoms with Crippen molar-refractivity contribution in [1.82, 2.24) is 9.55 Å². The Labute approximate surface area is 103 Å². The predicted molar refractivity (Wildman–Crippen MR) is 72.1 cm³/mol. The van der Waals surface area contributed by atoms with Gasteiger partial charge in [0.15, 0.2) is 0 Å². The normalized spacial score (nSPS) is 13.1. The first kappa shape index (κ1) is 12.1. The fourth-order valence-electron chi connectivity index (χ4n) is 2.21. The van der Waals surface area contributed by atoms with Crippen molar-refractivity contribution in [3.63, 3.8) is 0 Å². The molecule has 3 nitrogen and oxygen atoms in total. The average molecular weight is 231 g/mol. The molecule has 92 valence electrons. The Balaban J connectivity index is 2.49. The van der Waals surface area contributed by atoms with Gasteiger partial charge >= 0.3 is 0 Å². The first-order valence-electron chi connectivity index (χ1n) is 6.43. The molecule has 17 heavy (non-hydrogen) atoms. The molecule has 0 fully saturated rings. The predicted octanol–water partition coefficient (Wildman–Crippen LogP) is 2.90. The van der Waals surface area contributed by atoms with Crippen molar-refractivity contribution in [2.45, 2.75) is 39.2 Å². The maximum atomic E-state index is 5.59. The highest BCUT2D eigenvalue weighted by Gasteiger charge is 2.13. The van der Waals surface area contributed by atoms with Gasteiger partial charge in [-0.05, 0) is 38.4 Å². The molecule has 0 amide bonds. The Bertz CT molecular complexity index is 487. The van der Waals surface area contributed by atoms with Crippen LogP contribution in [0.15, 0.2) is 24.3 Å². The lowest BCUT2D eigenvalue weighted by Gasteiger charge is -2.15. The molecule has 0 aliphatic rings. The fourth-order valence-corrected chi connectivity index (χ4v) is 2.21. The first-order chi connectivity index (χ1) is 8.27. The second-order valence-electron chi connectivity index (χ2n) is 4.54. The highest BCUT2D eigenvalue weighted by molar-refractivity contribution is 5.76. The molecule has 0 radical (unpaired) electrons. The van der Waals surface area contributed by atoms with E-state index in [1.165, 1.54) is 11.3 Å². The highest BCUT2D eigenvalue weighted by atomic mass is 15.1. The van der Waals surface area contributed by atoms with Gasteiger partial charge in [0.1, 0.15) is 5.82 Å². The van der Waals surface area contributed by atoms with Crippen molar-refractivity contribution < 1.29 is 0 Å². The fraction of sp³-hybridized carbons (Fsp3) is 0.500. The Morgan fingerprint density at radius 3 is 2.82 bits per heavy atom. The Kier molecular flexibility index (Phi) is 3.79. The summed E-state index contributed by atoms with van der Waals surface area (Å²) >= 11 is 0. The third-order valence-electron chi connectivity index (χ3n) is 3.30. The van der Waals surface area contributed by atoms with Crippen molar-refractivity contribution in [3.8, 4) is 0 Å². The number of para-hydroxylation sites is 2. The Hall–Kier alpha value is -1.35. The minimum atomic E-state index is 0.496. The van der Waals surface area contributed by atoms with Crippen molar-refractivity contribution in [2.24, 2.45) is 5.73 Å². The van der Waals surface area contributed by atoms with Gasteiger partial charge in [-0.1, -0.05) is 19.1 Å². The van der Waals surface area contributed by atoms with Crippen LogP contribution in [-0.2, 0) is 6.42 Å². The first-order valence-corrected chi connectivity index (χ1v) is 6.43. The highest BCUT2D eigenvalue weighted by Crippen LogP contribution is 2.23. The number of nitrogens with two attached hydrogens (primary N) is 1. The maximum absolute atomic E-state index is 5.59. The SMILES string of the molecule is CCC(C)n1c(CCCN)nc2ccccc21.